The number of esters is 2. The first kappa shape index (κ1) is 11.5. The fourth-order valence-corrected chi connectivity index (χ4v) is 1.87. The van der Waals surface area contributed by atoms with Crippen LogP contribution in [0.3, 0.4) is 0 Å². The molecule has 0 saturated carbocycles. The van der Waals surface area contributed by atoms with E-state index < -0.39 is 17.4 Å². The van der Waals surface area contributed by atoms with Crippen LogP contribution in [0.5, 0.6) is 0 Å². The maximum absolute atomic E-state index is 11.7. The van der Waals surface area contributed by atoms with Crippen LogP contribution in [0.25, 0.3) is 0 Å². The molecular weight excluding hydrogens is 196 g/mol. The van der Waals surface area contributed by atoms with E-state index >= 15 is 0 Å². The third kappa shape index (κ3) is 1.56. The number of allylic oxidation sites excluding steroid dienone is 3. The van der Waals surface area contributed by atoms with Gasteiger partial charge in [0.25, 0.3) is 0 Å². The van der Waals surface area contributed by atoms with Gasteiger partial charge in [-0.05, 0) is 6.42 Å². The summed E-state index contributed by atoms with van der Waals surface area (Å²) in [5, 5.41) is 0. The van der Waals surface area contributed by atoms with Crippen molar-refractivity contribution in [2.24, 2.45) is 11.3 Å². The van der Waals surface area contributed by atoms with Crippen LogP contribution >= 0.6 is 0 Å². The zero-order valence-corrected chi connectivity index (χ0v) is 8.86. The topological polar surface area (TPSA) is 52.6 Å². The molecule has 0 aromatic heterocycles. The molecule has 4 heteroatoms. The van der Waals surface area contributed by atoms with E-state index in [4.69, 9.17) is 0 Å². The summed E-state index contributed by atoms with van der Waals surface area (Å²) in [5.74, 6) is -1.52. The minimum Gasteiger partial charge on any atom is -0.468 e. The molecule has 15 heavy (non-hydrogen) atoms. The second-order valence-electron chi connectivity index (χ2n) is 3.35. The highest BCUT2D eigenvalue weighted by Gasteiger charge is 2.54. The summed E-state index contributed by atoms with van der Waals surface area (Å²) in [4.78, 5) is 23.4. The first-order chi connectivity index (χ1) is 7.13. The molecule has 1 aliphatic rings. The Labute approximate surface area is 88.6 Å². The molecule has 0 spiro atoms. The van der Waals surface area contributed by atoms with Gasteiger partial charge in [-0.25, -0.2) is 0 Å². The first-order valence-corrected chi connectivity index (χ1v) is 4.59. The van der Waals surface area contributed by atoms with Crippen LogP contribution in [-0.4, -0.2) is 26.2 Å². The molecule has 0 aromatic rings. The molecule has 0 fully saturated rings. The van der Waals surface area contributed by atoms with Gasteiger partial charge in [-0.1, -0.05) is 18.2 Å². The van der Waals surface area contributed by atoms with E-state index in [1.807, 2.05) is 0 Å². The van der Waals surface area contributed by atoms with Crippen molar-refractivity contribution in [1.29, 1.82) is 0 Å². The van der Waals surface area contributed by atoms with Gasteiger partial charge >= 0.3 is 11.9 Å². The van der Waals surface area contributed by atoms with E-state index in [-0.39, 0.29) is 5.92 Å². The Kier molecular flexibility index (Phi) is 3.29. The second-order valence-corrected chi connectivity index (χ2v) is 3.35. The molecule has 1 aliphatic carbocycles. The maximum atomic E-state index is 11.7. The highest BCUT2D eigenvalue weighted by molar-refractivity contribution is 6.01. The molecule has 0 radical (unpaired) electrons. The van der Waals surface area contributed by atoms with Crippen molar-refractivity contribution >= 4 is 11.9 Å². The van der Waals surface area contributed by atoms with Crippen molar-refractivity contribution in [2.75, 3.05) is 14.2 Å². The molecule has 0 bridgehead atoms. The van der Waals surface area contributed by atoms with Gasteiger partial charge in [0.05, 0.1) is 14.2 Å². The molecule has 4 nitrogen and oxygen atoms in total. The average Bonchev–Trinajstić information content (AvgIpc) is 2.71. The number of rotatable bonds is 3. The van der Waals surface area contributed by atoms with Gasteiger partial charge in [0.1, 0.15) is 0 Å². The lowest BCUT2D eigenvalue weighted by molar-refractivity contribution is -0.170. The van der Waals surface area contributed by atoms with Crippen molar-refractivity contribution in [1.82, 2.24) is 0 Å². The Morgan fingerprint density at radius 2 is 1.93 bits per heavy atom. The highest BCUT2D eigenvalue weighted by atomic mass is 16.5. The van der Waals surface area contributed by atoms with Gasteiger partial charge < -0.3 is 9.47 Å². The largest absolute Gasteiger partial charge is 0.468 e. The van der Waals surface area contributed by atoms with Crippen molar-refractivity contribution in [3.8, 4) is 0 Å². The molecule has 0 unspecified atom stereocenters. The van der Waals surface area contributed by atoms with Crippen LogP contribution in [0.1, 0.15) is 6.42 Å². The molecule has 0 saturated heterocycles. The van der Waals surface area contributed by atoms with Gasteiger partial charge in [-0.3, -0.25) is 9.59 Å². The number of carbonyl (C=O) groups excluding carboxylic acids is 2. The average molecular weight is 210 g/mol. The van der Waals surface area contributed by atoms with Gasteiger partial charge in [-0.15, -0.1) is 6.58 Å². The lowest BCUT2D eigenvalue weighted by atomic mass is 9.77. The molecule has 0 N–H and O–H groups in total. The summed E-state index contributed by atoms with van der Waals surface area (Å²) in [5.41, 5.74) is -1.27. The minimum absolute atomic E-state index is 0.295. The molecule has 1 rings (SSSR count). The standard InChI is InChI=1S/C11H14O4/c1-4-8-6-5-7-11(8,9(12)14-2)10(13)15-3/h4-6,8H,1,7H2,2-3H3/t8-/m1/s1. The normalized spacial score (nSPS) is 22.1. The van der Waals surface area contributed by atoms with Gasteiger partial charge in [-0.2, -0.15) is 0 Å². The number of ether oxygens (including phenoxy) is 2. The van der Waals surface area contributed by atoms with E-state index in [0.717, 1.165) is 0 Å². The monoisotopic (exact) mass is 210 g/mol. The third-order valence-corrected chi connectivity index (χ3v) is 2.71. The van der Waals surface area contributed by atoms with Crippen LogP contribution in [0.15, 0.2) is 24.8 Å². The fourth-order valence-electron chi connectivity index (χ4n) is 1.87. The van der Waals surface area contributed by atoms with E-state index in [9.17, 15) is 9.59 Å². The predicted octanol–water partition coefficient (Wildman–Crippen LogP) is 1.08. The number of methoxy groups -OCH3 is 2. The van der Waals surface area contributed by atoms with Gasteiger partial charge in [0.15, 0.2) is 5.41 Å². The lowest BCUT2D eigenvalue weighted by Gasteiger charge is -2.27. The molecule has 0 aromatic carbocycles. The van der Waals surface area contributed by atoms with Crippen molar-refractivity contribution < 1.29 is 19.1 Å². The van der Waals surface area contributed by atoms with Gasteiger partial charge in [0, 0.05) is 5.92 Å². The summed E-state index contributed by atoms with van der Waals surface area (Å²) < 4.78 is 9.33. The summed E-state index contributed by atoms with van der Waals surface area (Å²) >= 11 is 0. The van der Waals surface area contributed by atoms with E-state index in [0.29, 0.717) is 6.42 Å². The van der Waals surface area contributed by atoms with Crippen LogP contribution < -0.4 is 0 Å². The molecule has 0 aliphatic heterocycles. The summed E-state index contributed by atoms with van der Waals surface area (Å²) in [6.07, 6.45) is 5.38. The van der Waals surface area contributed by atoms with Crippen LogP contribution in [0.2, 0.25) is 0 Å². The number of hydrogen-bond acceptors (Lipinski definition) is 4. The Bertz CT molecular complexity index is 301. The molecule has 1 atom stereocenters. The second kappa shape index (κ2) is 4.29. The molecule has 0 amide bonds. The third-order valence-electron chi connectivity index (χ3n) is 2.71. The quantitative estimate of drug-likeness (QED) is 0.397. The van der Waals surface area contributed by atoms with E-state index in [2.05, 4.69) is 16.1 Å². The fraction of sp³-hybridized carbons (Fsp3) is 0.455. The number of carbonyl (C=O) groups is 2. The minimum atomic E-state index is -1.27. The first-order valence-electron chi connectivity index (χ1n) is 4.59. The summed E-state index contributed by atoms with van der Waals surface area (Å²) in [7, 11) is 2.51. The summed E-state index contributed by atoms with van der Waals surface area (Å²) in [6, 6.07) is 0. The van der Waals surface area contributed by atoms with Crippen LogP contribution in [-0.2, 0) is 19.1 Å². The Morgan fingerprint density at radius 3 is 2.33 bits per heavy atom. The summed E-state index contributed by atoms with van der Waals surface area (Å²) in [6.45, 7) is 3.60. The van der Waals surface area contributed by atoms with Crippen LogP contribution in [0.4, 0.5) is 0 Å². The molecular formula is C11H14O4. The number of hydrogen-bond donors (Lipinski definition) is 0. The molecule has 0 heterocycles. The highest BCUT2D eigenvalue weighted by Crippen LogP contribution is 2.41. The zero-order valence-electron chi connectivity index (χ0n) is 8.86. The lowest BCUT2D eigenvalue weighted by Crippen LogP contribution is -2.43. The Morgan fingerprint density at radius 1 is 1.40 bits per heavy atom. The predicted molar refractivity (Wildman–Crippen MR) is 53.9 cm³/mol. The van der Waals surface area contributed by atoms with E-state index in [1.54, 1.807) is 18.2 Å². The van der Waals surface area contributed by atoms with Crippen molar-refractivity contribution in [3.05, 3.63) is 24.8 Å². The van der Waals surface area contributed by atoms with Gasteiger partial charge in [0.2, 0.25) is 0 Å². The van der Waals surface area contributed by atoms with E-state index in [1.165, 1.54) is 14.2 Å². The molecule has 82 valence electrons. The SMILES string of the molecule is C=C[C@@H]1C=CCC1(C(=O)OC)C(=O)OC. The van der Waals surface area contributed by atoms with Crippen LogP contribution in [0, 0.1) is 11.3 Å². The Hall–Kier alpha value is -1.58. The van der Waals surface area contributed by atoms with Crippen molar-refractivity contribution in [3.63, 3.8) is 0 Å². The smallest absolute Gasteiger partial charge is 0.324 e. The Balaban J connectivity index is 3.13. The maximum Gasteiger partial charge on any atom is 0.324 e. The van der Waals surface area contributed by atoms with Crippen molar-refractivity contribution in [2.45, 2.75) is 6.42 Å². The zero-order chi connectivity index (χ0) is 11.5.